The van der Waals surface area contributed by atoms with Crippen LogP contribution in [0.1, 0.15) is 22.3 Å². The zero-order valence-corrected chi connectivity index (χ0v) is 14.1. The van der Waals surface area contributed by atoms with Crippen LogP contribution in [0.2, 0.25) is 0 Å². The highest BCUT2D eigenvalue weighted by Crippen LogP contribution is 2.18. The topological polar surface area (TPSA) is 78.5 Å². The Labute approximate surface area is 142 Å². The number of hydrogen-bond acceptors (Lipinski definition) is 4. The number of nitrogens with one attached hydrogen (secondary N) is 2. The summed E-state index contributed by atoms with van der Waals surface area (Å²) >= 11 is 0. The maximum absolute atomic E-state index is 12.2. The summed E-state index contributed by atoms with van der Waals surface area (Å²) < 4.78 is 0. The van der Waals surface area contributed by atoms with Crippen molar-refractivity contribution >= 4 is 30.1 Å². The SMILES string of the molecule is CNCCN(C)C(=O)c1ccc(CC2CC(=O)NC2=O)cc1.Cl. The highest BCUT2D eigenvalue weighted by molar-refractivity contribution is 6.03. The second-order valence-corrected chi connectivity index (χ2v) is 5.54. The second-order valence-electron chi connectivity index (χ2n) is 5.54. The van der Waals surface area contributed by atoms with E-state index in [-0.39, 0.29) is 42.5 Å². The third-order valence-electron chi connectivity index (χ3n) is 3.79. The number of hydrogen-bond donors (Lipinski definition) is 2. The molecule has 1 aliphatic heterocycles. The van der Waals surface area contributed by atoms with Gasteiger partial charge in [-0.15, -0.1) is 12.4 Å². The van der Waals surface area contributed by atoms with Crippen LogP contribution >= 0.6 is 12.4 Å². The molecule has 126 valence electrons. The largest absolute Gasteiger partial charge is 0.340 e. The lowest BCUT2D eigenvalue weighted by atomic mass is 9.97. The molecular weight excluding hydrogens is 318 g/mol. The minimum absolute atomic E-state index is 0. The first kappa shape index (κ1) is 19.1. The smallest absolute Gasteiger partial charge is 0.253 e. The molecule has 0 aromatic heterocycles. The van der Waals surface area contributed by atoms with E-state index in [9.17, 15) is 14.4 Å². The average molecular weight is 340 g/mol. The zero-order chi connectivity index (χ0) is 16.1. The molecule has 3 amide bonds. The molecule has 7 heteroatoms. The van der Waals surface area contributed by atoms with Crippen LogP contribution < -0.4 is 10.6 Å². The minimum atomic E-state index is -0.299. The Hall–Kier alpha value is -1.92. The van der Waals surface area contributed by atoms with Gasteiger partial charge in [-0.1, -0.05) is 12.1 Å². The van der Waals surface area contributed by atoms with Gasteiger partial charge in [0.05, 0.1) is 5.92 Å². The van der Waals surface area contributed by atoms with Gasteiger partial charge in [0, 0.05) is 32.1 Å². The molecule has 2 rings (SSSR count). The highest BCUT2D eigenvalue weighted by Gasteiger charge is 2.30. The normalized spacial score (nSPS) is 16.7. The summed E-state index contributed by atoms with van der Waals surface area (Å²) in [5.41, 5.74) is 1.57. The summed E-state index contributed by atoms with van der Waals surface area (Å²) in [6.45, 7) is 1.38. The van der Waals surface area contributed by atoms with Crippen LogP contribution in [0.25, 0.3) is 0 Å². The van der Waals surface area contributed by atoms with Gasteiger partial charge in [-0.25, -0.2) is 0 Å². The molecule has 23 heavy (non-hydrogen) atoms. The van der Waals surface area contributed by atoms with Crippen molar-refractivity contribution in [3.05, 3.63) is 35.4 Å². The molecule has 1 aromatic carbocycles. The minimum Gasteiger partial charge on any atom is -0.340 e. The molecule has 1 aliphatic rings. The van der Waals surface area contributed by atoms with Crippen LogP contribution in [0.4, 0.5) is 0 Å². The molecule has 1 heterocycles. The molecule has 0 radical (unpaired) electrons. The van der Waals surface area contributed by atoms with E-state index in [1.165, 1.54) is 0 Å². The molecule has 0 bridgehead atoms. The van der Waals surface area contributed by atoms with Gasteiger partial charge in [-0.2, -0.15) is 0 Å². The number of imide groups is 1. The lowest BCUT2D eigenvalue weighted by molar-refractivity contribution is -0.125. The van der Waals surface area contributed by atoms with E-state index < -0.39 is 0 Å². The highest BCUT2D eigenvalue weighted by atomic mass is 35.5. The molecule has 1 unspecified atom stereocenters. The van der Waals surface area contributed by atoms with Crippen LogP contribution in [0.15, 0.2) is 24.3 Å². The number of nitrogens with zero attached hydrogens (tertiary/aromatic N) is 1. The molecule has 0 saturated carbocycles. The van der Waals surface area contributed by atoms with E-state index in [0.717, 1.165) is 12.1 Å². The first-order chi connectivity index (χ1) is 10.5. The van der Waals surface area contributed by atoms with Gasteiger partial charge in [0.15, 0.2) is 0 Å². The number of carbonyl (C=O) groups is 3. The van der Waals surface area contributed by atoms with Crippen LogP contribution in [0.3, 0.4) is 0 Å². The predicted molar refractivity (Wildman–Crippen MR) is 89.5 cm³/mol. The molecule has 1 saturated heterocycles. The number of rotatable bonds is 6. The van der Waals surface area contributed by atoms with Gasteiger partial charge in [-0.3, -0.25) is 19.7 Å². The van der Waals surface area contributed by atoms with Gasteiger partial charge < -0.3 is 10.2 Å². The third kappa shape index (κ3) is 5.04. The molecule has 1 aromatic rings. The van der Waals surface area contributed by atoms with Crippen molar-refractivity contribution in [3.63, 3.8) is 0 Å². The molecule has 0 spiro atoms. The van der Waals surface area contributed by atoms with E-state index >= 15 is 0 Å². The van der Waals surface area contributed by atoms with Crippen molar-refractivity contribution < 1.29 is 14.4 Å². The van der Waals surface area contributed by atoms with E-state index in [1.807, 2.05) is 19.2 Å². The Kier molecular flexibility index (Phi) is 7.19. The number of benzene rings is 1. The molecule has 1 atom stereocenters. The maximum atomic E-state index is 12.2. The summed E-state index contributed by atoms with van der Waals surface area (Å²) in [5.74, 6) is -0.757. The summed E-state index contributed by atoms with van der Waals surface area (Å²) in [6, 6.07) is 7.22. The van der Waals surface area contributed by atoms with Crippen molar-refractivity contribution in [1.29, 1.82) is 0 Å². The number of halogens is 1. The predicted octanol–water partition coefficient (Wildman–Crippen LogP) is 0.605. The fourth-order valence-corrected chi connectivity index (χ4v) is 2.44. The first-order valence-electron chi connectivity index (χ1n) is 7.34. The lowest BCUT2D eigenvalue weighted by Crippen LogP contribution is -2.32. The van der Waals surface area contributed by atoms with E-state index in [1.54, 1.807) is 24.1 Å². The Morgan fingerprint density at radius 2 is 1.96 bits per heavy atom. The van der Waals surface area contributed by atoms with E-state index in [2.05, 4.69) is 10.6 Å². The monoisotopic (exact) mass is 339 g/mol. The van der Waals surface area contributed by atoms with Crippen LogP contribution in [-0.4, -0.2) is 49.8 Å². The van der Waals surface area contributed by atoms with Crippen LogP contribution in [0.5, 0.6) is 0 Å². The van der Waals surface area contributed by atoms with Crippen molar-refractivity contribution in [2.75, 3.05) is 27.2 Å². The van der Waals surface area contributed by atoms with Gasteiger partial charge in [0.2, 0.25) is 11.8 Å². The van der Waals surface area contributed by atoms with E-state index in [0.29, 0.717) is 18.5 Å². The number of likely N-dealkylation sites (N-methyl/N-ethyl adjacent to an activating group) is 2. The van der Waals surface area contributed by atoms with Crippen LogP contribution in [-0.2, 0) is 16.0 Å². The van der Waals surface area contributed by atoms with Gasteiger partial charge >= 0.3 is 0 Å². The number of carbonyl (C=O) groups excluding carboxylic acids is 3. The van der Waals surface area contributed by atoms with Crippen LogP contribution in [0, 0.1) is 5.92 Å². The Morgan fingerprint density at radius 3 is 2.48 bits per heavy atom. The summed E-state index contributed by atoms with van der Waals surface area (Å²) in [4.78, 5) is 36.6. The average Bonchev–Trinajstić information content (AvgIpc) is 2.82. The molecular formula is C16H22ClN3O3. The zero-order valence-electron chi connectivity index (χ0n) is 13.3. The standard InChI is InChI=1S/C16H21N3O3.ClH/c1-17-7-8-19(2)16(22)12-5-3-11(4-6-12)9-13-10-14(20)18-15(13)21;/h3-6,13,17H,7-10H2,1-2H3,(H,18,20,21);1H. The Balaban J connectivity index is 0.00000264. The summed E-state index contributed by atoms with van der Waals surface area (Å²) in [6.07, 6.45) is 0.758. The Morgan fingerprint density at radius 1 is 1.30 bits per heavy atom. The van der Waals surface area contributed by atoms with Gasteiger partial charge in [0.1, 0.15) is 0 Å². The summed E-state index contributed by atoms with van der Waals surface area (Å²) in [5, 5.41) is 5.31. The fraction of sp³-hybridized carbons (Fsp3) is 0.438. The van der Waals surface area contributed by atoms with Gasteiger partial charge in [0.25, 0.3) is 5.91 Å². The van der Waals surface area contributed by atoms with Gasteiger partial charge in [-0.05, 0) is 31.2 Å². The second kappa shape index (κ2) is 8.64. The van der Waals surface area contributed by atoms with Crippen molar-refractivity contribution in [1.82, 2.24) is 15.5 Å². The molecule has 0 aliphatic carbocycles. The fourth-order valence-electron chi connectivity index (χ4n) is 2.44. The quantitative estimate of drug-likeness (QED) is 0.744. The molecule has 6 nitrogen and oxygen atoms in total. The first-order valence-corrected chi connectivity index (χ1v) is 7.34. The maximum Gasteiger partial charge on any atom is 0.253 e. The summed E-state index contributed by atoms with van der Waals surface area (Å²) in [7, 11) is 3.61. The number of amides is 3. The van der Waals surface area contributed by atoms with Crippen molar-refractivity contribution in [2.45, 2.75) is 12.8 Å². The molecule has 2 N–H and O–H groups in total. The Bertz CT molecular complexity index is 574. The molecule has 1 fully saturated rings. The third-order valence-corrected chi connectivity index (χ3v) is 3.79. The van der Waals surface area contributed by atoms with Crippen molar-refractivity contribution in [3.8, 4) is 0 Å². The lowest BCUT2D eigenvalue weighted by Gasteiger charge is -2.17. The van der Waals surface area contributed by atoms with Crippen molar-refractivity contribution in [2.24, 2.45) is 5.92 Å². The van der Waals surface area contributed by atoms with E-state index in [4.69, 9.17) is 0 Å².